The van der Waals surface area contributed by atoms with Gasteiger partial charge in [0.05, 0.1) is 14.2 Å². The fourth-order valence-electron chi connectivity index (χ4n) is 2.96. The molecule has 1 aliphatic rings. The van der Waals surface area contributed by atoms with E-state index in [1.807, 2.05) is 30.3 Å². The lowest BCUT2D eigenvalue weighted by molar-refractivity contribution is 0.0969. The van der Waals surface area contributed by atoms with Crippen LogP contribution in [0.2, 0.25) is 0 Å². The first kappa shape index (κ1) is 13.7. The summed E-state index contributed by atoms with van der Waals surface area (Å²) < 4.78 is 10.4. The molecule has 0 spiro atoms. The minimum Gasteiger partial charge on any atom is -0.497 e. The average Bonchev–Trinajstić information content (AvgIpc) is 2.55. The second-order valence-corrected chi connectivity index (χ2v) is 5.24. The van der Waals surface area contributed by atoms with Crippen LogP contribution < -0.4 is 9.47 Å². The first-order valence-electron chi connectivity index (χ1n) is 7.08. The van der Waals surface area contributed by atoms with E-state index >= 15 is 0 Å². The van der Waals surface area contributed by atoms with Crippen LogP contribution in [0.3, 0.4) is 0 Å². The van der Waals surface area contributed by atoms with Gasteiger partial charge < -0.3 is 9.47 Å². The zero-order chi connectivity index (χ0) is 14.8. The summed E-state index contributed by atoms with van der Waals surface area (Å²) in [4.78, 5) is 12.2. The lowest BCUT2D eigenvalue weighted by Crippen LogP contribution is -2.16. The van der Waals surface area contributed by atoms with Crippen LogP contribution in [-0.2, 0) is 0 Å². The molecule has 0 saturated carbocycles. The maximum absolute atomic E-state index is 12.2. The molecule has 0 heterocycles. The van der Waals surface area contributed by atoms with E-state index in [9.17, 15) is 4.79 Å². The Morgan fingerprint density at radius 1 is 0.952 bits per heavy atom. The minimum atomic E-state index is 0.202. The molecule has 1 aliphatic carbocycles. The number of ether oxygens (including phenoxy) is 2. The van der Waals surface area contributed by atoms with E-state index < -0.39 is 0 Å². The Kier molecular flexibility index (Phi) is 3.65. The highest BCUT2D eigenvalue weighted by Gasteiger charge is 2.27. The highest BCUT2D eigenvalue weighted by molar-refractivity contribution is 5.99. The van der Waals surface area contributed by atoms with Crippen LogP contribution in [0.25, 0.3) is 0 Å². The van der Waals surface area contributed by atoms with Crippen molar-refractivity contribution in [2.24, 2.45) is 0 Å². The number of methoxy groups -OCH3 is 2. The fraction of sp³-hybridized carbons (Fsp3) is 0.278. The summed E-state index contributed by atoms with van der Waals surface area (Å²) in [5.41, 5.74) is 3.10. The Bertz CT molecular complexity index is 659. The van der Waals surface area contributed by atoms with Gasteiger partial charge in [0, 0.05) is 17.9 Å². The number of carbonyl (C=O) groups excluding carboxylic acids is 1. The largest absolute Gasteiger partial charge is 0.497 e. The van der Waals surface area contributed by atoms with Crippen molar-refractivity contribution in [3.63, 3.8) is 0 Å². The van der Waals surface area contributed by atoms with Gasteiger partial charge >= 0.3 is 0 Å². The topological polar surface area (TPSA) is 35.5 Å². The predicted molar refractivity (Wildman–Crippen MR) is 81.4 cm³/mol. The van der Waals surface area contributed by atoms with Crippen LogP contribution in [0.1, 0.15) is 40.2 Å². The lowest BCUT2D eigenvalue weighted by Gasteiger charge is -2.25. The van der Waals surface area contributed by atoms with Gasteiger partial charge in [0.1, 0.15) is 11.5 Å². The average molecular weight is 282 g/mol. The van der Waals surface area contributed by atoms with E-state index in [2.05, 4.69) is 12.1 Å². The first-order valence-corrected chi connectivity index (χ1v) is 7.08. The second-order valence-electron chi connectivity index (χ2n) is 5.24. The Morgan fingerprint density at radius 2 is 1.62 bits per heavy atom. The number of ketones is 1. The quantitative estimate of drug-likeness (QED) is 0.858. The molecule has 3 heteroatoms. The molecule has 0 N–H and O–H groups in total. The zero-order valence-corrected chi connectivity index (χ0v) is 12.3. The van der Waals surface area contributed by atoms with Gasteiger partial charge in [0.15, 0.2) is 5.78 Å². The SMILES string of the molecule is COc1ccc(C2CCC(=O)c3cc(OC)ccc32)cc1. The number of hydrogen-bond acceptors (Lipinski definition) is 3. The first-order chi connectivity index (χ1) is 10.2. The molecule has 0 amide bonds. The summed E-state index contributed by atoms with van der Waals surface area (Å²) in [6.07, 6.45) is 1.43. The Morgan fingerprint density at radius 3 is 2.29 bits per heavy atom. The monoisotopic (exact) mass is 282 g/mol. The highest BCUT2D eigenvalue weighted by Crippen LogP contribution is 2.38. The van der Waals surface area contributed by atoms with E-state index in [-0.39, 0.29) is 11.7 Å². The molecule has 2 aromatic carbocycles. The van der Waals surface area contributed by atoms with Gasteiger partial charge in [-0.15, -0.1) is 0 Å². The number of Topliss-reactive ketones (excluding diaryl/α,β-unsaturated/α-hetero) is 1. The normalized spacial score (nSPS) is 17.2. The highest BCUT2D eigenvalue weighted by atomic mass is 16.5. The van der Waals surface area contributed by atoms with E-state index in [1.165, 1.54) is 5.56 Å². The lowest BCUT2D eigenvalue weighted by atomic mass is 9.78. The van der Waals surface area contributed by atoms with Gasteiger partial charge in [-0.3, -0.25) is 4.79 Å². The van der Waals surface area contributed by atoms with E-state index in [1.54, 1.807) is 14.2 Å². The molecule has 0 saturated heterocycles. The molecule has 1 atom stereocenters. The Labute approximate surface area is 124 Å². The van der Waals surface area contributed by atoms with Gasteiger partial charge in [0.2, 0.25) is 0 Å². The molecule has 0 fully saturated rings. The van der Waals surface area contributed by atoms with Gasteiger partial charge in [-0.2, -0.15) is 0 Å². The molecule has 2 aromatic rings. The number of fused-ring (bicyclic) bond motifs is 1. The fourth-order valence-corrected chi connectivity index (χ4v) is 2.96. The van der Waals surface area contributed by atoms with Crippen molar-refractivity contribution in [2.45, 2.75) is 18.8 Å². The summed E-state index contributed by atoms with van der Waals surface area (Å²) >= 11 is 0. The molecule has 0 bridgehead atoms. The summed E-state index contributed by atoms with van der Waals surface area (Å²) in [5.74, 6) is 2.04. The molecule has 3 rings (SSSR count). The molecule has 3 nitrogen and oxygen atoms in total. The van der Waals surface area contributed by atoms with Crippen LogP contribution in [0, 0.1) is 0 Å². The van der Waals surface area contributed by atoms with Gasteiger partial charge in [-0.1, -0.05) is 18.2 Å². The Hall–Kier alpha value is -2.29. The smallest absolute Gasteiger partial charge is 0.163 e. The molecule has 0 aromatic heterocycles. The number of carbonyl (C=O) groups is 1. The zero-order valence-electron chi connectivity index (χ0n) is 12.3. The summed E-state index contributed by atoms with van der Waals surface area (Å²) in [6, 6.07) is 13.9. The standard InChI is InChI=1S/C18H18O3/c1-20-13-5-3-12(4-6-13)15-9-10-18(19)17-11-14(21-2)7-8-16(15)17/h3-8,11,15H,9-10H2,1-2H3. The molecule has 21 heavy (non-hydrogen) atoms. The molecule has 0 aliphatic heterocycles. The maximum Gasteiger partial charge on any atom is 0.163 e. The van der Waals surface area contributed by atoms with Crippen LogP contribution >= 0.6 is 0 Å². The maximum atomic E-state index is 12.2. The van der Waals surface area contributed by atoms with Crippen LogP contribution in [0.4, 0.5) is 0 Å². The van der Waals surface area contributed by atoms with Crippen molar-refractivity contribution < 1.29 is 14.3 Å². The van der Waals surface area contributed by atoms with Crippen LogP contribution in [0.15, 0.2) is 42.5 Å². The predicted octanol–water partition coefficient (Wildman–Crippen LogP) is 3.81. The summed E-state index contributed by atoms with van der Waals surface area (Å²) in [6.45, 7) is 0. The number of hydrogen-bond donors (Lipinski definition) is 0. The molecule has 108 valence electrons. The molecule has 0 radical (unpaired) electrons. The summed E-state index contributed by atoms with van der Waals surface area (Å²) in [5, 5.41) is 0. The third-order valence-corrected chi connectivity index (χ3v) is 4.11. The molecule has 1 unspecified atom stereocenters. The van der Waals surface area contributed by atoms with E-state index in [0.29, 0.717) is 6.42 Å². The third kappa shape index (κ3) is 2.51. The van der Waals surface area contributed by atoms with Gasteiger partial charge in [-0.05, 0) is 41.8 Å². The van der Waals surface area contributed by atoms with Crippen molar-refractivity contribution in [2.75, 3.05) is 14.2 Å². The van der Waals surface area contributed by atoms with Crippen LogP contribution in [0.5, 0.6) is 11.5 Å². The molecular weight excluding hydrogens is 264 g/mol. The molecular formula is C18H18O3. The van der Waals surface area contributed by atoms with Crippen molar-refractivity contribution in [1.29, 1.82) is 0 Å². The van der Waals surface area contributed by atoms with Crippen LogP contribution in [-0.4, -0.2) is 20.0 Å². The van der Waals surface area contributed by atoms with Gasteiger partial charge in [0.25, 0.3) is 0 Å². The number of benzene rings is 2. The van der Waals surface area contributed by atoms with Crippen molar-refractivity contribution in [1.82, 2.24) is 0 Å². The summed E-state index contributed by atoms with van der Waals surface area (Å²) in [7, 11) is 3.28. The third-order valence-electron chi connectivity index (χ3n) is 4.11. The Balaban J connectivity index is 2.02. The number of rotatable bonds is 3. The van der Waals surface area contributed by atoms with Gasteiger partial charge in [-0.25, -0.2) is 0 Å². The second kappa shape index (κ2) is 5.60. The van der Waals surface area contributed by atoms with E-state index in [4.69, 9.17) is 9.47 Å². The van der Waals surface area contributed by atoms with Crippen molar-refractivity contribution in [3.05, 3.63) is 59.2 Å². The van der Waals surface area contributed by atoms with Crippen molar-refractivity contribution >= 4 is 5.78 Å². The van der Waals surface area contributed by atoms with E-state index in [0.717, 1.165) is 29.0 Å². The minimum absolute atomic E-state index is 0.202. The van der Waals surface area contributed by atoms with Crippen molar-refractivity contribution in [3.8, 4) is 11.5 Å².